The van der Waals surface area contributed by atoms with Gasteiger partial charge in [-0.2, -0.15) is 11.8 Å². The minimum atomic E-state index is -1.26. The number of thioether (sulfide) groups is 1. The summed E-state index contributed by atoms with van der Waals surface area (Å²) in [5.41, 5.74) is 4.85. The summed E-state index contributed by atoms with van der Waals surface area (Å²) < 4.78 is 0. The quantitative estimate of drug-likeness (QED) is 0.533. The maximum atomic E-state index is 11.2. The number of carboxylic acid groups (broad SMARTS) is 1. The number of hydrogen-bond acceptors (Lipinski definition) is 4. The van der Waals surface area contributed by atoms with Crippen molar-refractivity contribution in [3.05, 3.63) is 0 Å². The molecule has 0 aliphatic rings. The van der Waals surface area contributed by atoms with Crippen LogP contribution in [0.2, 0.25) is 0 Å². The van der Waals surface area contributed by atoms with E-state index in [4.69, 9.17) is 10.8 Å². The van der Waals surface area contributed by atoms with E-state index in [0.717, 1.165) is 0 Å². The maximum Gasteiger partial charge on any atom is 0.326 e. The van der Waals surface area contributed by atoms with Crippen molar-refractivity contribution in [2.75, 3.05) is 12.0 Å². The first-order valence-electron chi connectivity index (χ1n) is 4.26. The molecule has 0 radical (unpaired) electrons. The van der Waals surface area contributed by atoms with Crippen LogP contribution in [0.25, 0.3) is 0 Å². The highest BCUT2D eigenvalue weighted by atomic mass is 32.2. The predicted molar refractivity (Wildman–Crippen MR) is 56.4 cm³/mol. The summed E-state index contributed by atoms with van der Waals surface area (Å²) in [6.07, 6.45) is 1.68. The summed E-state index contributed by atoms with van der Waals surface area (Å²) in [6, 6.07) is -1.23. The Hall–Kier alpha value is -1.24. The zero-order valence-electron chi connectivity index (χ0n) is 8.36. The number of carboxylic acids is 1. The number of nitrogens with two attached hydrogens (primary N) is 1. The van der Waals surface area contributed by atoms with Gasteiger partial charge in [-0.15, -0.1) is 0 Å². The van der Waals surface area contributed by atoms with Gasteiger partial charge in [0.15, 0.2) is 0 Å². The molecule has 4 N–H and O–H groups in total. The highest BCUT2D eigenvalue weighted by Gasteiger charge is 2.21. The third-order valence-electron chi connectivity index (χ3n) is 1.57. The fraction of sp³-hybridized carbons (Fsp3) is 0.625. The normalized spacial score (nSPS) is 11.8. The summed E-state index contributed by atoms with van der Waals surface area (Å²) in [5.74, 6) is -1.80. The second-order valence-corrected chi connectivity index (χ2v) is 3.86. The number of hydrogen-bond donors (Lipinski definition) is 3. The van der Waals surface area contributed by atoms with Crippen LogP contribution in [-0.2, 0) is 14.4 Å². The smallest absolute Gasteiger partial charge is 0.326 e. The van der Waals surface area contributed by atoms with E-state index in [1.807, 2.05) is 6.26 Å². The lowest BCUT2D eigenvalue weighted by atomic mass is 10.2. The lowest BCUT2D eigenvalue weighted by Crippen LogP contribution is -2.43. The van der Waals surface area contributed by atoms with Gasteiger partial charge in [0.2, 0.25) is 11.8 Å². The van der Waals surface area contributed by atoms with Crippen molar-refractivity contribution in [1.82, 2.24) is 5.32 Å². The van der Waals surface area contributed by atoms with Gasteiger partial charge in [-0.25, -0.2) is 4.79 Å². The van der Waals surface area contributed by atoms with Gasteiger partial charge in [-0.1, -0.05) is 0 Å². The Morgan fingerprint density at radius 2 is 2.07 bits per heavy atom. The van der Waals surface area contributed by atoms with Gasteiger partial charge >= 0.3 is 5.97 Å². The molecular weight excluding hydrogens is 220 g/mol. The fourth-order valence-electron chi connectivity index (χ4n) is 0.863. The molecule has 2 amide bonds. The molecule has 0 aromatic heterocycles. The molecule has 1 atom stereocenters. The lowest BCUT2D eigenvalue weighted by molar-refractivity contribution is -0.143. The Morgan fingerprint density at radius 3 is 2.47 bits per heavy atom. The number of carbonyl (C=O) groups excluding carboxylic acids is 2. The third-order valence-corrected chi connectivity index (χ3v) is 2.18. The zero-order chi connectivity index (χ0) is 11.8. The monoisotopic (exact) mass is 234 g/mol. The molecule has 0 bridgehead atoms. The predicted octanol–water partition coefficient (Wildman–Crippen LogP) is -0.816. The van der Waals surface area contributed by atoms with Crippen LogP contribution in [0.1, 0.15) is 12.8 Å². The van der Waals surface area contributed by atoms with Crippen molar-refractivity contribution >= 4 is 29.5 Å². The molecular formula is C8H14N2O4S. The molecule has 0 heterocycles. The Morgan fingerprint density at radius 1 is 1.47 bits per heavy atom. The highest BCUT2D eigenvalue weighted by Crippen LogP contribution is 1.97. The van der Waals surface area contributed by atoms with E-state index < -0.39 is 23.8 Å². The van der Waals surface area contributed by atoms with E-state index >= 15 is 0 Å². The van der Waals surface area contributed by atoms with Crippen molar-refractivity contribution in [3.63, 3.8) is 0 Å². The van der Waals surface area contributed by atoms with Crippen LogP contribution >= 0.6 is 11.8 Å². The van der Waals surface area contributed by atoms with Crippen LogP contribution in [-0.4, -0.2) is 40.9 Å². The van der Waals surface area contributed by atoms with E-state index in [0.29, 0.717) is 5.75 Å². The largest absolute Gasteiger partial charge is 0.480 e. The van der Waals surface area contributed by atoms with Gasteiger partial charge in [-0.05, 0) is 6.26 Å². The summed E-state index contributed by atoms with van der Waals surface area (Å²) >= 11 is 1.48. The Bertz CT molecular complexity index is 257. The molecule has 0 aromatic rings. The van der Waals surface area contributed by atoms with E-state index in [-0.39, 0.29) is 12.8 Å². The van der Waals surface area contributed by atoms with Crippen LogP contribution in [0, 0.1) is 0 Å². The van der Waals surface area contributed by atoms with E-state index in [1.165, 1.54) is 11.8 Å². The number of carbonyl (C=O) groups is 3. The van der Waals surface area contributed by atoms with E-state index in [1.54, 1.807) is 0 Å². The second-order valence-electron chi connectivity index (χ2n) is 2.87. The zero-order valence-corrected chi connectivity index (χ0v) is 9.17. The standard InChI is InChI=1S/C8H14N2O4S/c1-15-3-2-7(12)10-5(8(13)14)4-6(9)11/h5H,2-4H2,1H3,(H2,9,11)(H,10,12)(H,13,14)/t5-/m0/s1. The maximum absolute atomic E-state index is 11.2. The third kappa shape index (κ3) is 6.78. The first-order chi connectivity index (χ1) is 6.97. The molecule has 0 spiro atoms. The summed E-state index contributed by atoms with van der Waals surface area (Å²) in [6.45, 7) is 0. The first kappa shape index (κ1) is 13.8. The fourth-order valence-corrected chi connectivity index (χ4v) is 1.25. The van der Waals surface area contributed by atoms with Crippen LogP contribution in [0.15, 0.2) is 0 Å². The average Bonchev–Trinajstić information content (AvgIpc) is 2.12. The molecule has 7 heteroatoms. The molecule has 0 fully saturated rings. The minimum Gasteiger partial charge on any atom is -0.480 e. The number of rotatable bonds is 7. The summed E-state index contributed by atoms with van der Waals surface area (Å²) in [5, 5.41) is 10.9. The Balaban J connectivity index is 4.10. The number of primary amides is 1. The summed E-state index contributed by atoms with van der Waals surface area (Å²) in [4.78, 5) is 32.3. The van der Waals surface area contributed by atoms with E-state index in [9.17, 15) is 14.4 Å². The summed E-state index contributed by atoms with van der Waals surface area (Å²) in [7, 11) is 0. The van der Waals surface area contributed by atoms with Gasteiger partial charge < -0.3 is 16.2 Å². The van der Waals surface area contributed by atoms with Crippen molar-refractivity contribution < 1.29 is 19.5 Å². The van der Waals surface area contributed by atoms with Crippen molar-refractivity contribution in [1.29, 1.82) is 0 Å². The molecule has 0 aromatic carbocycles. The Kier molecular flexibility index (Phi) is 6.52. The molecule has 0 aliphatic carbocycles. The molecule has 0 aliphatic heterocycles. The van der Waals surface area contributed by atoms with Gasteiger partial charge in [0.25, 0.3) is 0 Å². The first-order valence-corrected chi connectivity index (χ1v) is 5.66. The molecule has 0 rings (SSSR count). The van der Waals surface area contributed by atoms with Crippen molar-refractivity contribution in [2.45, 2.75) is 18.9 Å². The molecule has 86 valence electrons. The van der Waals surface area contributed by atoms with Crippen LogP contribution in [0.5, 0.6) is 0 Å². The SMILES string of the molecule is CSCCC(=O)N[C@@H](CC(N)=O)C(=O)O. The van der Waals surface area contributed by atoms with Crippen molar-refractivity contribution in [3.8, 4) is 0 Å². The topological polar surface area (TPSA) is 109 Å². The number of nitrogens with one attached hydrogen (secondary N) is 1. The molecule has 6 nitrogen and oxygen atoms in total. The van der Waals surface area contributed by atoms with Gasteiger partial charge in [0, 0.05) is 12.2 Å². The number of aliphatic carboxylic acids is 1. The number of amides is 2. The van der Waals surface area contributed by atoms with Gasteiger partial charge in [-0.3, -0.25) is 9.59 Å². The van der Waals surface area contributed by atoms with Gasteiger partial charge in [0.1, 0.15) is 6.04 Å². The minimum absolute atomic E-state index is 0.226. The van der Waals surface area contributed by atoms with E-state index in [2.05, 4.69) is 5.32 Å². The molecule has 0 unspecified atom stereocenters. The Labute approximate surface area is 91.6 Å². The molecule has 15 heavy (non-hydrogen) atoms. The molecule has 0 saturated carbocycles. The lowest BCUT2D eigenvalue weighted by Gasteiger charge is -2.12. The molecule has 0 saturated heterocycles. The van der Waals surface area contributed by atoms with Crippen LogP contribution < -0.4 is 11.1 Å². The van der Waals surface area contributed by atoms with Crippen LogP contribution in [0.3, 0.4) is 0 Å². The highest BCUT2D eigenvalue weighted by molar-refractivity contribution is 7.98. The second kappa shape index (κ2) is 7.10. The van der Waals surface area contributed by atoms with Crippen LogP contribution in [0.4, 0.5) is 0 Å². The average molecular weight is 234 g/mol. The van der Waals surface area contributed by atoms with Crippen molar-refractivity contribution in [2.24, 2.45) is 5.73 Å². The van der Waals surface area contributed by atoms with Gasteiger partial charge in [0.05, 0.1) is 6.42 Å².